The lowest BCUT2D eigenvalue weighted by Gasteiger charge is -2.25. The average molecular weight is 323 g/mol. The molecule has 1 saturated heterocycles. The summed E-state index contributed by atoms with van der Waals surface area (Å²) >= 11 is 0. The molecule has 1 atom stereocenters. The quantitative estimate of drug-likeness (QED) is 0.848. The van der Waals surface area contributed by atoms with Crippen LogP contribution in [-0.4, -0.2) is 21.2 Å². The van der Waals surface area contributed by atoms with Gasteiger partial charge in [-0.15, -0.1) is 0 Å². The van der Waals surface area contributed by atoms with Crippen LogP contribution < -0.4 is 0 Å². The van der Waals surface area contributed by atoms with E-state index >= 15 is 0 Å². The largest absolute Gasteiger partial charge is 0.433 e. The molecule has 0 spiro atoms. The molecule has 2 aromatic rings. The van der Waals surface area contributed by atoms with Gasteiger partial charge in [-0.05, 0) is 31.9 Å². The Labute approximate surface area is 133 Å². The Bertz CT molecular complexity index is 691. The van der Waals surface area contributed by atoms with Crippen LogP contribution in [0.4, 0.5) is 13.2 Å². The molecule has 1 unspecified atom stereocenters. The van der Waals surface area contributed by atoms with Crippen molar-refractivity contribution in [3.8, 4) is 0 Å². The van der Waals surface area contributed by atoms with Crippen molar-refractivity contribution in [1.82, 2.24) is 14.7 Å². The molecule has 0 aliphatic carbocycles. The molecule has 0 bridgehead atoms. The lowest BCUT2D eigenvalue weighted by atomic mass is 10.0. The van der Waals surface area contributed by atoms with E-state index in [1.807, 2.05) is 19.1 Å². The number of rotatable bonds is 3. The fourth-order valence-corrected chi connectivity index (χ4v) is 3.45. The van der Waals surface area contributed by atoms with E-state index in [-0.39, 0.29) is 18.2 Å². The number of nitrogens with zero attached hydrogens (tertiary/aromatic N) is 3. The van der Waals surface area contributed by atoms with Crippen LogP contribution in [0.5, 0.6) is 0 Å². The van der Waals surface area contributed by atoms with Gasteiger partial charge >= 0.3 is 6.18 Å². The highest BCUT2D eigenvalue weighted by Gasteiger charge is 2.38. The molecule has 3 nitrogen and oxygen atoms in total. The first-order valence-corrected chi connectivity index (χ1v) is 7.75. The molecule has 0 radical (unpaired) electrons. The third-order valence-corrected chi connectivity index (χ3v) is 4.45. The number of aryl methyl sites for hydroxylation is 2. The number of halogens is 3. The van der Waals surface area contributed by atoms with Crippen molar-refractivity contribution in [3.63, 3.8) is 0 Å². The lowest BCUT2D eigenvalue weighted by Crippen LogP contribution is -2.24. The molecule has 23 heavy (non-hydrogen) atoms. The number of aromatic nitrogens is 2. The minimum Gasteiger partial charge on any atom is -0.292 e. The van der Waals surface area contributed by atoms with Crippen LogP contribution >= 0.6 is 0 Å². The minimum absolute atomic E-state index is 0.177. The van der Waals surface area contributed by atoms with Crippen molar-refractivity contribution in [1.29, 1.82) is 0 Å². The Morgan fingerprint density at radius 2 is 2.09 bits per heavy atom. The minimum atomic E-state index is -4.38. The molecule has 0 N–H and O–H groups in total. The zero-order valence-electron chi connectivity index (χ0n) is 13.3. The van der Waals surface area contributed by atoms with E-state index < -0.39 is 11.9 Å². The molecule has 1 aliphatic heterocycles. The van der Waals surface area contributed by atoms with Gasteiger partial charge < -0.3 is 0 Å². The maximum absolute atomic E-state index is 13.2. The number of alkyl halides is 3. The summed E-state index contributed by atoms with van der Waals surface area (Å²) in [4.78, 5) is 2.13. The molecule has 2 heterocycles. The van der Waals surface area contributed by atoms with Gasteiger partial charge in [0, 0.05) is 25.2 Å². The van der Waals surface area contributed by atoms with E-state index in [1.54, 1.807) is 0 Å². The van der Waals surface area contributed by atoms with Crippen molar-refractivity contribution >= 4 is 0 Å². The van der Waals surface area contributed by atoms with Crippen LogP contribution in [0.2, 0.25) is 0 Å². The van der Waals surface area contributed by atoms with Crippen molar-refractivity contribution in [2.75, 3.05) is 6.54 Å². The number of hydrogen-bond acceptors (Lipinski definition) is 2. The first kappa shape index (κ1) is 16.1. The molecule has 0 amide bonds. The third kappa shape index (κ3) is 3.27. The summed E-state index contributed by atoms with van der Waals surface area (Å²) in [5, 5.41) is 3.81. The van der Waals surface area contributed by atoms with Crippen LogP contribution in [0.15, 0.2) is 30.5 Å². The summed E-state index contributed by atoms with van der Waals surface area (Å²) < 4.78 is 40.6. The number of hydrogen-bond donors (Lipinski definition) is 0. The van der Waals surface area contributed by atoms with Crippen LogP contribution in [0.3, 0.4) is 0 Å². The average Bonchev–Trinajstić information content (AvgIpc) is 3.05. The summed E-state index contributed by atoms with van der Waals surface area (Å²) in [5.41, 5.74) is 1.96. The smallest absolute Gasteiger partial charge is 0.292 e. The second-order valence-electron chi connectivity index (χ2n) is 6.18. The van der Waals surface area contributed by atoms with E-state index in [1.165, 1.54) is 24.4 Å². The van der Waals surface area contributed by atoms with Crippen LogP contribution in [0, 0.1) is 6.92 Å². The molecule has 1 aliphatic rings. The highest BCUT2D eigenvalue weighted by molar-refractivity contribution is 5.27. The van der Waals surface area contributed by atoms with E-state index in [2.05, 4.69) is 22.1 Å². The molecule has 1 aromatic carbocycles. The first-order chi connectivity index (χ1) is 10.9. The second kappa shape index (κ2) is 6.00. The Morgan fingerprint density at radius 1 is 1.30 bits per heavy atom. The van der Waals surface area contributed by atoms with Gasteiger partial charge in [0.15, 0.2) is 0 Å². The fraction of sp³-hybridized carbons (Fsp3) is 0.471. The summed E-state index contributed by atoms with van der Waals surface area (Å²) in [6, 6.07) is 8.40. The fourth-order valence-electron chi connectivity index (χ4n) is 3.45. The Morgan fingerprint density at radius 3 is 2.78 bits per heavy atom. The first-order valence-electron chi connectivity index (χ1n) is 7.75. The van der Waals surface area contributed by atoms with Crippen molar-refractivity contribution in [3.05, 3.63) is 52.8 Å². The van der Waals surface area contributed by atoms with Gasteiger partial charge in [-0.1, -0.05) is 29.8 Å². The Kier molecular flexibility index (Phi) is 4.19. The topological polar surface area (TPSA) is 21.1 Å². The highest BCUT2D eigenvalue weighted by atomic mass is 19.4. The van der Waals surface area contributed by atoms with Gasteiger partial charge in [0.1, 0.15) is 5.69 Å². The monoisotopic (exact) mass is 323 g/mol. The van der Waals surface area contributed by atoms with Gasteiger partial charge in [-0.25, -0.2) is 0 Å². The van der Waals surface area contributed by atoms with Crippen molar-refractivity contribution in [2.45, 2.75) is 38.5 Å². The SMILES string of the molecule is Cc1cccc(C2CCCN2Cc2cnn(C)c2C(F)(F)F)c1. The van der Waals surface area contributed by atoms with Crippen molar-refractivity contribution in [2.24, 2.45) is 7.05 Å². The predicted octanol–water partition coefficient (Wildman–Crippen LogP) is 4.08. The van der Waals surface area contributed by atoms with Gasteiger partial charge in [0.2, 0.25) is 0 Å². The van der Waals surface area contributed by atoms with Gasteiger partial charge in [0.05, 0.1) is 6.20 Å². The molecular weight excluding hydrogens is 303 g/mol. The zero-order chi connectivity index (χ0) is 16.6. The van der Waals surface area contributed by atoms with Crippen LogP contribution in [-0.2, 0) is 19.8 Å². The third-order valence-electron chi connectivity index (χ3n) is 4.45. The highest BCUT2D eigenvalue weighted by Crippen LogP contribution is 2.36. The number of likely N-dealkylation sites (tertiary alicyclic amines) is 1. The van der Waals surface area contributed by atoms with E-state index in [4.69, 9.17) is 0 Å². The molecule has 6 heteroatoms. The normalized spacial score (nSPS) is 19.4. The Hall–Kier alpha value is -1.82. The summed E-state index contributed by atoms with van der Waals surface area (Å²) in [5.74, 6) is 0. The van der Waals surface area contributed by atoms with Crippen LogP contribution in [0.25, 0.3) is 0 Å². The molecule has 1 fully saturated rings. The lowest BCUT2D eigenvalue weighted by molar-refractivity contribution is -0.144. The standard InChI is InChI=1S/C17H20F3N3/c1-12-5-3-6-13(9-12)15-7-4-8-23(15)11-14-10-21-22(2)16(14)17(18,19)20/h3,5-6,9-10,15H,4,7-8,11H2,1-2H3. The second-order valence-corrected chi connectivity index (χ2v) is 6.18. The van der Waals surface area contributed by atoms with Gasteiger partial charge in [-0.2, -0.15) is 18.3 Å². The molecule has 3 rings (SSSR count). The summed E-state index contributed by atoms with van der Waals surface area (Å²) in [6.45, 7) is 3.12. The van der Waals surface area contributed by atoms with Crippen molar-refractivity contribution < 1.29 is 13.2 Å². The summed E-state index contributed by atoms with van der Waals surface area (Å²) in [7, 11) is 1.34. The zero-order valence-corrected chi connectivity index (χ0v) is 13.3. The molecular formula is C17H20F3N3. The van der Waals surface area contributed by atoms with Crippen LogP contribution in [0.1, 0.15) is 41.3 Å². The number of benzene rings is 1. The maximum atomic E-state index is 13.2. The molecule has 0 saturated carbocycles. The Balaban J connectivity index is 1.85. The van der Waals surface area contributed by atoms with E-state index in [0.717, 1.165) is 24.1 Å². The maximum Gasteiger partial charge on any atom is 0.433 e. The summed E-state index contributed by atoms with van der Waals surface area (Å²) in [6.07, 6.45) is -1.06. The van der Waals surface area contributed by atoms with Gasteiger partial charge in [0.25, 0.3) is 0 Å². The van der Waals surface area contributed by atoms with E-state index in [9.17, 15) is 13.2 Å². The molecule has 124 valence electrons. The predicted molar refractivity (Wildman–Crippen MR) is 81.8 cm³/mol. The van der Waals surface area contributed by atoms with E-state index in [0.29, 0.717) is 0 Å². The van der Waals surface area contributed by atoms with Gasteiger partial charge in [-0.3, -0.25) is 9.58 Å². The molecule has 1 aromatic heterocycles.